The molecule has 0 saturated carbocycles. The molecule has 0 aliphatic rings. The fourth-order valence-electron chi connectivity index (χ4n) is 7.25. The normalized spacial score (nSPS) is 14.2. The van der Waals surface area contributed by atoms with E-state index in [4.69, 9.17) is 4.74 Å². The molecule has 0 rings (SSSR count). The predicted octanol–water partition coefficient (Wildman–Crippen LogP) is 16.1. The monoisotopic (exact) mass is 900 g/mol. The fraction of sp³-hybridized carbons (Fsp3) is 0.627. The van der Waals surface area contributed by atoms with Gasteiger partial charge in [0.25, 0.3) is 0 Å². The van der Waals surface area contributed by atoms with Crippen LogP contribution in [-0.4, -0.2) is 46.9 Å². The second-order valence-electron chi connectivity index (χ2n) is 17.5. The number of carbonyl (C=O) groups excluding carboxylic acids is 2. The lowest BCUT2D eigenvalue weighted by atomic mass is 10.0. The number of ether oxygens (including phenoxy) is 1. The molecule has 0 saturated heterocycles. The van der Waals surface area contributed by atoms with Crippen LogP contribution in [0.1, 0.15) is 213 Å². The van der Waals surface area contributed by atoms with E-state index in [0.717, 1.165) is 103 Å². The summed E-state index contributed by atoms with van der Waals surface area (Å²) in [5.74, 6) is -0.556. The molecule has 65 heavy (non-hydrogen) atoms. The largest absolute Gasteiger partial charge is 0.462 e. The van der Waals surface area contributed by atoms with Crippen LogP contribution in [0.15, 0.2) is 122 Å². The number of hydrogen-bond acceptors (Lipinski definition) is 5. The van der Waals surface area contributed by atoms with Gasteiger partial charge >= 0.3 is 5.97 Å². The molecular weight excluding hydrogens is 803 g/mol. The lowest BCUT2D eigenvalue weighted by Gasteiger charge is -2.24. The molecule has 368 valence electrons. The van der Waals surface area contributed by atoms with Gasteiger partial charge in [-0.05, 0) is 64.2 Å². The molecule has 6 heteroatoms. The first-order valence-electron chi connectivity index (χ1n) is 26.4. The maximum Gasteiger partial charge on any atom is 0.306 e. The number of aliphatic hydroxyl groups excluding tert-OH is 2. The predicted molar refractivity (Wildman–Crippen MR) is 282 cm³/mol. The highest BCUT2D eigenvalue weighted by Crippen LogP contribution is 2.17. The third-order valence-electron chi connectivity index (χ3n) is 11.2. The van der Waals surface area contributed by atoms with Crippen molar-refractivity contribution in [1.29, 1.82) is 0 Å². The van der Waals surface area contributed by atoms with Crippen LogP contribution in [0.5, 0.6) is 0 Å². The second kappa shape index (κ2) is 51.2. The Hall–Kier alpha value is -3.74. The Morgan fingerprint density at radius 1 is 0.446 bits per heavy atom. The van der Waals surface area contributed by atoms with Crippen LogP contribution in [0.25, 0.3) is 0 Å². The van der Waals surface area contributed by atoms with E-state index in [2.05, 4.69) is 86.8 Å². The van der Waals surface area contributed by atoms with E-state index in [-0.39, 0.29) is 24.9 Å². The van der Waals surface area contributed by atoms with Gasteiger partial charge in [0.15, 0.2) is 0 Å². The third-order valence-corrected chi connectivity index (χ3v) is 11.2. The van der Waals surface area contributed by atoms with Gasteiger partial charge in [0, 0.05) is 6.42 Å². The highest BCUT2D eigenvalue weighted by molar-refractivity contribution is 5.77. The van der Waals surface area contributed by atoms with Crippen molar-refractivity contribution in [3.8, 4) is 0 Å². The lowest BCUT2D eigenvalue weighted by molar-refractivity contribution is -0.151. The first-order valence-corrected chi connectivity index (χ1v) is 26.4. The maximum absolute atomic E-state index is 13.2. The van der Waals surface area contributed by atoms with Crippen LogP contribution in [0, 0.1) is 0 Å². The standard InChI is InChI=1S/C59H97NO5/c1-4-7-10-13-16-19-22-25-27-29-30-32-34-37-40-43-46-49-52-59(64)65-55(50-47-44-41-38-35-33-31-28-26-23-20-17-14-11-8-5-2)53-58(63)60-56(54-61)57(62)51-48-45-42-39-36-24-21-18-15-12-9-6-3/h10-11,13-14,16-17,19-20,22-23,25-33,35,55-57,61-62H,4-9,12,15,18,21,24,34,36-54H2,1-3H3,(H,60,63)/b13-10+,14-11+,19-16+,20-17+,25-22+,26-23+,29-27+,31-28+,32-30+,35-33+. The van der Waals surface area contributed by atoms with Gasteiger partial charge in [0.2, 0.25) is 5.91 Å². The highest BCUT2D eigenvalue weighted by Gasteiger charge is 2.24. The molecule has 0 bridgehead atoms. The lowest BCUT2D eigenvalue weighted by Crippen LogP contribution is -2.46. The molecule has 0 aromatic heterocycles. The summed E-state index contributed by atoms with van der Waals surface area (Å²) < 4.78 is 5.91. The Bertz CT molecular complexity index is 1380. The average Bonchev–Trinajstić information content (AvgIpc) is 3.30. The molecule has 1 amide bonds. The topological polar surface area (TPSA) is 95.9 Å². The zero-order chi connectivity index (χ0) is 47.4. The summed E-state index contributed by atoms with van der Waals surface area (Å²) in [5, 5.41) is 23.8. The van der Waals surface area contributed by atoms with Gasteiger partial charge in [-0.2, -0.15) is 0 Å². The zero-order valence-electron chi connectivity index (χ0n) is 41.8. The smallest absolute Gasteiger partial charge is 0.306 e. The molecule has 0 aliphatic heterocycles. The Morgan fingerprint density at radius 3 is 1.26 bits per heavy atom. The average molecular weight is 900 g/mol. The van der Waals surface area contributed by atoms with Gasteiger partial charge in [-0.15, -0.1) is 0 Å². The van der Waals surface area contributed by atoms with Gasteiger partial charge in [-0.1, -0.05) is 258 Å². The van der Waals surface area contributed by atoms with E-state index in [1.807, 2.05) is 60.8 Å². The number of unbranched alkanes of at least 4 members (excludes halogenated alkanes) is 21. The molecular formula is C59H97NO5. The Labute approximate surface area is 400 Å². The summed E-state index contributed by atoms with van der Waals surface area (Å²) in [7, 11) is 0. The van der Waals surface area contributed by atoms with Crippen molar-refractivity contribution in [2.45, 2.75) is 232 Å². The Morgan fingerprint density at radius 2 is 0.815 bits per heavy atom. The van der Waals surface area contributed by atoms with Crippen molar-refractivity contribution >= 4 is 11.9 Å². The number of carbonyl (C=O) groups is 2. The summed E-state index contributed by atoms with van der Waals surface area (Å²) >= 11 is 0. The van der Waals surface area contributed by atoms with Crippen molar-refractivity contribution in [2.24, 2.45) is 0 Å². The summed E-state index contributed by atoms with van der Waals surface area (Å²) in [6.45, 7) is 6.28. The number of allylic oxidation sites excluding steroid dienone is 20. The molecule has 0 aromatic carbocycles. The van der Waals surface area contributed by atoms with E-state index in [0.29, 0.717) is 19.3 Å². The van der Waals surface area contributed by atoms with E-state index >= 15 is 0 Å². The van der Waals surface area contributed by atoms with Crippen molar-refractivity contribution in [2.75, 3.05) is 6.61 Å². The summed E-state index contributed by atoms with van der Waals surface area (Å²) in [6.07, 6.45) is 71.0. The second-order valence-corrected chi connectivity index (χ2v) is 17.5. The van der Waals surface area contributed by atoms with Crippen LogP contribution >= 0.6 is 0 Å². The first kappa shape index (κ1) is 61.3. The van der Waals surface area contributed by atoms with Crippen molar-refractivity contribution in [1.82, 2.24) is 5.32 Å². The molecule has 0 heterocycles. The molecule has 0 radical (unpaired) electrons. The van der Waals surface area contributed by atoms with E-state index < -0.39 is 18.2 Å². The number of esters is 1. The van der Waals surface area contributed by atoms with Crippen LogP contribution in [0.4, 0.5) is 0 Å². The summed E-state index contributed by atoms with van der Waals surface area (Å²) in [6, 6.07) is -0.730. The quantitative estimate of drug-likeness (QED) is 0.0321. The fourth-order valence-corrected chi connectivity index (χ4v) is 7.25. The van der Waals surface area contributed by atoms with Gasteiger partial charge in [-0.25, -0.2) is 0 Å². The molecule has 3 N–H and O–H groups in total. The summed E-state index contributed by atoms with van der Waals surface area (Å²) in [5.41, 5.74) is 0. The van der Waals surface area contributed by atoms with Gasteiger partial charge in [0.05, 0.1) is 25.2 Å². The molecule has 3 unspecified atom stereocenters. The molecule has 6 nitrogen and oxygen atoms in total. The first-order chi connectivity index (χ1) is 32.0. The van der Waals surface area contributed by atoms with Crippen molar-refractivity contribution in [3.05, 3.63) is 122 Å². The van der Waals surface area contributed by atoms with Crippen LogP contribution in [0.2, 0.25) is 0 Å². The number of hydrogen-bond donors (Lipinski definition) is 3. The Kier molecular flexibility index (Phi) is 48.3. The van der Waals surface area contributed by atoms with Gasteiger partial charge in [-0.3, -0.25) is 9.59 Å². The van der Waals surface area contributed by atoms with Crippen LogP contribution in [-0.2, 0) is 14.3 Å². The minimum Gasteiger partial charge on any atom is -0.462 e. The number of amides is 1. The number of aliphatic hydroxyl groups is 2. The van der Waals surface area contributed by atoms with Gasteiger partial charge < -0.3 is 20.3 Å². The van der Waals surface area contributed by atoms with E-state index in [9.17, 15) is 19.8 Å². The zero-order valence-corrected chi connectivity index (χ0v) is 41.8. The third kappa shape index (κ3) is 46.6. The Balaban J connectivity index is 4.77. The summed E-state index contributed by atoms with van der Waals surface area (Å²) in [4.78, 5) is 26.2. The van der Waals surface area contributed by atoms with E-state index in [1.165, 1.54) is 64.2 Å². The molecule has 0 spiro atoms. The molecule has 0 fully saturated rings. The van der Waals surface area contributed by atoms with Crippen LogP contribution < -0.4 is 5.32 Å². The van der Waals surface area contributed by atoms with Crippen LogP contribution in [0.3, 0.4) is 0 Å². The minimum absolute atomic E-state index is 0.0305. The SMILES string of the molecule is CCC/C=C/C=C/C=C/C=C/C=C/CCCCCCCC(=O)OC(CCCCC/C=C/C=C/C=C/C=C/C=C/CCC)CC(=O)NC(CO)C(O)CCCCCCCCCCCCCC. The maximum atomic E-state index is 13.2. The highest BCUT2D eigenvalue weighted by atomic mass is 16.5. The molecule has 0 aliphatic carbocycles. The number of nitrogens with one attached hydrogen (secondary N) is 1. The minimum atomic E-state index is -0.813. The molecule has 0 aromatic rings. The van der Waals surface area contributed by atoms with E-state index in [1.54, 1.807) is 0 Å². The van der Waals surface area contributed by atoms with Gasteiger partial charge in [0.1, 0.15) is 6.10 Å². The van der Waals surface area contributed by atoms with Crippen molar-refractivity contribution in [3.63, 3.8) is 0 Å². The molecule has 3 atom stereocenters. The van der Waals surface area contributed by atoms with Crippen molar-refractivity contribution < 1.29 is 24.5 Å². The number of rotatable bonds is 45.